The number of benzene rings is 2. The van der Waals surface area contributed by atoms with E-state index < -0.39 is 0 Å². The number of fused-ring (bicyclic) bond motifs is 1. The standard InChI is InChI=1S/C19H19ClN2O/c1-13-16-5-3-4-6-17(16)22(2)18(13)19(23)21-12-11-14-7-9-15(20)10-8-14/h3-10H,11-12H2,1-2H3,(H,21,23). The van der Waals surface area contributed by atoms with Crippen LogP contribution in [0.1, 0.15) is 21.6 Å². The fraction of sp³-hybridized carbons (Fsp3) is 0.211. The summed E-state index contributed by atoms with van der Waals surface area (Å²) < 4.78 is 1.96. The zero-order valence-electron chi connectivity index (χ0n) is 13.3. The fourth-order valence-corrected chi connectivity index (χ4v) is 3.09. The van der Waals surface area contributed by atoms with Gasteiger partial charge in [0.25, 0.3) is 5.91 Å². The molecule has 4 heteroatoms. The highest BCUT2D eigenvalue weighted by Gasteiger charge is 2.17. The Labute approximate surface area is 140 Å². The molecule has 0 aliphatic heterocycles. The molecule has 1 aromatic heterocycles. The topological polar surface area (TPSA) is 34.0 Å². The lowest BCUT2D eigenvalue weighted by atomic mass is 10.1. The molecular weight excluding hydrogens is 308 g/mol. The molecule has 1 amide bonds. The van der Waals surface area contributed by atoms with Crippen molar-refractivity contribution in [1.82, 2.24) is 9.88 Å². The van der Waals surface area contributed by atoms with Crippen molar-refractivity contribution in [3.63, 3.8) is 0 Å². The molecule has 3 nitrogen and oxygen atoms in total. The Morgan fingerprint density at radius 3 is 2.52 bits per heavy atom. The number of carbonyl (C=O) groups excluding carboxylic acids is 1. The first-order chi connectivity index (χ1) is 11.1. The smallest absolute Gasteiger partial charge is 0.268 e. The predicted octanol–water partition coefficient (Wildman–Crippen LogP) is 4.11. The third-order valence-electron chi connectivity index (χ3n) is 4.19. The molecule has 0 saturated heterocycles. The second-order valence-electron chi connectivity index (χ2n) is 5.68. The summed E-state index contributed by atoms with van der Waals surface area (Å²) in [5.41, 5.74) is 3.98. The normalized spacial score (nSPS) is 10.9. The van der Waals surface area contributed by atoms with Crippen molar-refractivity contribution in [2.24, 2.45) is 7.05 Å². The van der Waals surface area contributed by atoms with Gasteiger partial charge in [0.15, 0.2) is 0 Å². The summed E-state index contributed by atoms with van der Waals surface area (Å²) in [5.74, 6) is -0.0323. The third-order valence-corrected chi connectivity index (χ3v) is 4.44. The first kappa shape index (κ1) is 15.6. The van der Waals surface area contributed by atoms with E-state index in [1.807, 2.05) is 61.0 Å². The van der Waals surface area contributed by atoms with Gasteiger partial charge in [0.05, 0.1) is 0 Å². The maximum Gasteiger partial charge on any atom is 0.268 e. The predicted molar refractivity (Wildman–Crippen MR) is 95.1 cm³/mol. The lowest BCUT2D eigenvalue weighted by Crippen LogP contribution is -2.28. The molecule has 0 spiro atoms. The van der Waals surface area contributed by atoms with Crippen molar-refractivity contribution >= 4 is 28.4 Å². The molecule has 0 aliphatic rings. The van der Waals surface area contributed by atoms with Gasteiger partial charge >= 0.3 is 0 Å². The van der Waals surface area contributed by atoms with Gasteiger partial charge in [-0.3, -0.25) is 4.79 Å². The van der Waals surface area contributed by atoms with Gasteiger partial charge in [0, 0.05) is 29.5 Å². The molecule has 1 heterocycles. The zero-order chi connectivity index (χ0) is 16.4. The summed E-state index contributed by atoms with van der Waals surface area (Å²) in [4.78, 5) is 12.5. The van der Waals surface area contributed by atoms with E-state index in [-0.39, 0.29) is 5.91 Å². The van der Waals surface area contributed by atoms with Gasteiger partial charge in [0.1, 0.15) is 5.69 Å². The van der Waals surface area contributed by atoms with Crippen LogP contribution in [0.4, 0.5) is 0 Å². The maximum absolute atomic E-state index is 12.5. The van der Waals surface area contributed by atoms with E-state index in [2.05, 4.69) is 11.4 Å². The summed E-state index contributed by atoms with van der Waals surface area (Å²) in [6.07, 6.45) is 0.784. The van der Waals surface area contributed by atoms with Crippen LogP contribution < -0.4 is 5.32 Å². The van der Waals surface area contributed by atoms with Gasteiger partial charge in [-0.25, -0.2) is 0 Å². The Balaban J connectivity index is 1.72. The lowest BCUT2D eigenvalue weighted by Gasteiger charge is -2.08. The fourth-order valence-electron chi connectivity index (χ4n) is 2.96. The van der Waals surface area contributed by atoms with Gasteiger partial charge < -0.3 is 9.88 Å². The SMILES string of the molecule is Cc1c(C(=O)NCCc2ccc(Cl)cc2)n(C)c2ccccc12. The lowest BCUT2D eigenvalue weighted by molar-refractivity contribution is 0.0946. The summed E-state index contributed by atoms with van der Waals surface area (Å²) in [5, 5.41) is 4.86. The zero-order valence-corrected chi connectivity index (χ0v) is 14.0. The van der Waals surface area contributed by atoms with Gasteiger partial charge in [-0.05, 0) is 42.7 Å². The number of rotatable bonds is 4. The first-order valence-electron chi connectivity index (χ1n) is 7.64. The van der Waals surface area contributed by atoms with Crippen LogP contribution in [0.3, 0.4) is 0 Å². The van der Waals surface area contributed by atoms with E-state index in [0.29, 0.717) is 6.54 Å². The minimum Gasteiger partial charge on any atom is -0.350 e. The molecule has 0 unspecified atom stereocenters. The van der Waals surface area contributed by atoms with Crippen molar-refractivity contribution in [1.29, 1.82) is 0 Å². The van der Waals surface area contributed by atoms with Gasteiger partial charge in [0.2, 0.25) is 0 Å². The quantitative estimate of drug-likeness (QED) is 0.769. The van der Waals surface area contributed by atoms with Crippen LogP contribution >= 0.6 is 11.6 Å². The van der Waals surface area contributed by atoms with Crippen molar-refractivity contribution in [2.75, 3.05) is 6.54 Å². The third kappa shape index (κ3) is 3.10. The van der Waals surface area contributed by atoms with E-state index in [1.165, 1.54) is 0 Å². The minimum atomic E-state index is -0.0323. The molecular formula is C19H19ClN2O. The summed E-state index contributed by atoms with van der Waals surface area (Å²) in [7, 11) is 1.93. The number of nitrogens with one attached hydrogen (secondary N) is 1. The molecule has 0 bridgehead atoms. The second kappa shape index (κ2) is 6.47. The number of amides is 1. The summed E-state index contributed by atoms with van der Waals surface area (Å²) in [6.45, 7) is 2.60. The number of carbonyl (C=O) groups is 1. The molecule has 2 aromatic carbocycles. The number of halogens is 1. The largest absolute Gasteiger partial charge is 0.350 e. The van der Waals surface area contributed by atoms with Crippen LogP contribution in [-0.2, 0) is 13.5 Å². The highest BCUT2D eigenvalue weighted by Crippen LogP contribution is 2.24. The van der Waals surface area contributed by atoms with Crippen LogP contribution in [0.15, 0.2) is 48.5 Å². The summed E-state index contributed by atoms with van der Waals surface area (Å²) >= 11 is 5.88. The van der Waals surface area contributed by atoms with E-state index in [4.69, 9.17) is 11.6 Å². The van der Waals surface area contributed by atoms with Crippen molar-refractivity contribution in [3.8, 4) is 0 Å². The van der Waals surface area contributed by atoms with Crippen LogP contribution in [0, 0.1) is 6.92 Å². The molecule has 0 radical (unpaired) electrons. The maximum atomic E-state index is 12.5. The molecule has 0 saturated carbocycles. The molecule has 0 atom stereocenters. The highest BCUT2D eigenvalue weighted by molar-refractivity contribution is 6.30. The Hall–Kier alpha value is -2.26. The average Bonchev–Trinajstić information content (AvgIpc) is 2.81. The van der Waals surface area contributed by atoms with Gasteiger partial charge in [-0.15, -0.1) is 0 Å². The second-order valence-corrected chi connectivity index (χ2v) is 6.12. The first-order valence-corrected chi connectivity index (χ1v) is 8.02. The van der Waals surface area contributed by atoms with E-state index >= 15 is 0 Å². The molecule has 0 aliphatic carbocycles. The molecule has 3 aromatic rings. The highest BCUT2D eigenvalue weighted by atomic mass is 35.5. The average molecular weight is 327 g/mol. The number of hydrogen-bond donors (Lipinski definition) is 1. The Morgan fingerprint density at radius 1 is 1.13 bits per heavy atom. The van der Waals surface area contributed by atoms with Crippen LogP contribution in [-0.4, -0.2) is 17.0 Å². The van der Waals surface area contributed by atoms with E-state index in [1.54, 1.807) is 0 Å². The number of aryl methyl sites for hydroxylation is 2. The van der Waals surface area contributed by atoms with Crippen LogP contribution in [0.25, 0.3) is 10.9 Å². The van der Waals surface area contributed by atoms with Crippen LogP contribution in [0.5, 0.6) is 0 Å². The molecule has 0 fully saturated rings. The van der Waals surface area contributed by atoms with E-state index in [9.17, 15) is 4.79 Å². The Bertz CT molecular complexity index is 811. The molecule has 1 N–H and O–H groups in total. The molecule has 23 heavy (non-hydrogen) atoms. The Kier molecular flexibility index (Phi) is 4.39. The van der Waals surface area contributed by atoms with Crippen molar-refractivity contribution < 1.29 is 4.79 Å². The number of hydrogen-bond acceptors (Lipinski definition) is 1. The summed E-state index contributed by atoms with van der Waals surface area (Å²) in [6, 6.07) is 15.8. The van der Waals surface area contributed by atoms with Crippen molar-refractivity contribution in [2.45, 2.75) is 13.3 Å². The van der Waals surface area contributed by atoms with Gasteiger partial charge in [-0.1, -0.05) is 41.9 Å². The number of nitrogens with zero attached hydrogens (tertiary/aromatic N) is 1. The van der Waals surface area contributed by atoms with Crippen LogP contribution in [0.2, 0.25) is 5.02 Å². The Morgan fingerprint density at radius 2 is 1.83 bits per heavy atom. The monoisotopic (exact) mass is 326 g/mol. The van der Waals surface area contributed by atoms with E-state index in [0.717, 1.165) is 39.2 Å². The number of aromatic nitrogens is 1. The van der Waals surface area contributed by atoms with Gasteiger partial charge in [-0.2, -0.15) is 0 Å². The molecule has 3 rings (SSSR count). The molecule has 118 valence electrons. The van der Waals surface area contributed by atoms with Crippen molar-refractivity contribution in [3.05, 3.63) is 70.4 Å². The number of para-hydroxylation sites is 1. The minimum absolute atomic E-state index is 0.0323.